The minimum atomic E-state index is -0.567. The van der Waals surface area contributed by atoms with Crippen LogP contribution in [0, 0.1) is 11.6 Å². The van der Waals surface area contributed by atoms with Gasteiger partial charge < -0.3 is 26.2 Å². The molecule has 0 unspecified atom stereocenters. The maximum atomic E-state index is 13.8. The molecule has 2 bridgehead atoms. The second kappa shape index (κ2) is 8.81. The van der Waals surface area contributed by atoms with Crippen LogP contribution in [0.15, 0.2) is 36.4 Å². The summed E-state index contributed by atoms with van der Waals surface area (Å²) < 4.78 is 34.0. The summed E-state index contributed by atoms with van der Waals surface area (Å²) in [5.41, 5.74) is 1.29. The fourth-order valence-electron chi connectivity index (χ4n) is 4.75. The summed E-state index contributed by atoms with van der Waals surface area (Å²) in [5, 5.41) is 2.65. The van der Waals surface area contributed by atoms with Gasteiger partial charge in [0.25, 0.3) is 0 Å². The highest BCUT2D eigenvalue weighted by Gasteiger charge is 2.49. The third kappa shape index (κ3) is 4.48. The number of carbonyl (C=O) groups is 1. The fraction of sp³-hybridized carbons (Fsp3) is 0.409. The first-order valence-corrected chi connectivity index (χ1v) is 10.2. The van der Waals surface area contributed by atoms with Crippen molar-refractivity contribution in [2.45, 2.75) is 43.9 Å². The molecule has 3 atom stereocenters. The standard InChI is InChI=1S/C22H23ClF2N2O2.BrH/c1-27(2)15-5-6-16(27)12-17(11-15)29-22(28)26-21-8-4-14(24)10-18(21)13-3-7-20(25)19(23)9-13;/h3-4,7-10,15-17H,5-6,11-12H2,1-2H3;1H/t15-,16+,17+;. The molecule has 2 heterocycles. The summed E-state index contributed by atoms with van der Waals surface area (Å²) in [5.74, 6) is -1.03. The predicted molar refractivity (Wildman–Crippen MR) is 109 cm³/mol. The first-order chi connectivity index (χ1) is 13.7. The summed E-state index contributed by atoms with van der Waals surface area (Å²) in [6.07, 6.45) is 3.33. The summed E-state index contributed by atoms with van der Waals surface area (Å²) in [4.78, 5) is 12.5. The molecule has 0 radical (unpaired) electrons. The number of benzene rings is 2. The quantitative estimate of drug-likeness (QED) is 0.657. The van der Waals surface area contributed by atoms with Gasteiger partial charge in [-0.25, -0.2) is 13.6 Å². The second-order valence-electron chi connectivity index (χ2n) is 8.46. The number of fused-ring (bicyclic) bond motifs is 2. The minimum absolute atomic E-state index is 0. The van der Waals surface area contributed by atoms with Crippen LogP contribution in [0.1, 0.15) is 25.7 Å². The SMILES string of the molecule is C[N+]1(C)[C@@H]2CC[C@H]1C[C@@H](OC(=O)Nc1ccc(F)cc1-c1ccc(F)c(Cl)c1)C2.[Br-]. The number of rotatable bonds is 3. The normalized spacial score (nSPS) is 24.1. The van der Waals surface area contributed by atoms with Crippen molar-refractivity contribution < 1.29 is 39.8 Å². The van der Waals surface area contributed by atoms with E-state index in [2.05, 4.69) is 19.4 Å². The Morgan fingerprint density at radius 1 is 1.10 bits per heavy atom. The van der Waals surface area contributed by atoms with Gasteiger partial charge in [0, 0.05) is 31.2 Å². The van der Waals surface area contributed by atoms with Crippen LogP contribution in [-0.2, 0) is 4.74 Å². The Morgan fingerprint density at radius 2 is 1.77 bits per heavy atom. The smallest absolute Gasteiger partial charge is 0.411 e. The molecule has 0 aromatic heterocycles. The maximum absolute atomic E-state index is 13.8. The van der Waals surface area contributed by atoms with E-state index in [1.54, 1.807) is 0 Å². The van der Waals surface area contributed by atoms with Gasteiger partial charge >= 0.3 is 6.09 Å². The molecule has 2 aliphatic heterocycles. The number of piperidine rings is 1. The molecule has 8 heteroatoms. The first kappa shape index (κ1) is 23.0. The van der Waals surface area contributed by atoms with Gasteiger partial charge in [0.1, 0.15) is 17.7 Å². The van der Waals surface area contributed by atoms with Gasteiger partial charge in [0.15, 0.2) is 0 Å². The Morgan fingerprint density at radius 3 is 2.40 bits per heavy atom. The van der Waals surface area contributed by atoms with Crippen molar-refractivity contribution in [1.82, 2.24) is 0 Å². The molecular weight excluding hydrogens is 478 g/mol. The zero-order valence-electron chi connectivity index (χ0n) is 16.8. The van der Waals surface area contributed by atoms with E-state index in [4.69, 9.17) is 16.3 Å². The third-order valence-electron chi connectivity index (χ3n) is 6.51. The summed E-state index contributed by atoms with van der Waals surface area (Å²) in [6, 6.07) is 9.12. The van der Waals surface area contributed by atoms with E-state index in [9.17, 15) is 13.6 Å². The Kier molecular flexibility index (Phi) is 6.75. The lowest BCUT2D eigenvalue weighted by atomic mass is 9.98. The van der Waals surface area contributed by atoms with Gasteiger partial charge in [-0.1, -0.05) is 17.7 Å². The van der Waals surface area contributed by atoms with Crippen LogP contribution < -0.4 is 22.3 Å². The van der Waals surface area contributed by atoms with Gasteiger partial charge in [-0.3, -0.25) is 5.32 Å². The summed E-state index contributed by atoms with van der Waals surface area (Å²) >= 11 is 5.86. The van der Waals surface area contributed by atoms with E-state index in [1.807, 2.05) is 0 Å². The average Bonchev–Trinajstić information content (AvgIpc) is 2.83. The van der Waals surface area contributed by atoms with Crippen LogP contribution in [0.4, 0.5) is 19.3 Å². The van der Waals surface area contributed by atoms with Crippen molar-refractivity contribution in [2.24, 2.45) is 0 Å². The highest BCUT2D eigenvalue weighted by Crippen LogP contribution is 2.40. The number of hydrogen-bond acceptors (Lipinski definition) is 2. The number of nitrogens with zero attached hydrogens (tertiary/aromatic N) is 1. The van der Waals surface area contributed by atoms with Crippen molar-refractivity contribution in [3.05, 3.63) is 53.1 Å². The molecule has 2 saturated heterocycles. The van der Waals surface area contributed by atoms with Gasteiger partial charge in [-0.15, -0.1) is 0 Å². The number of hydrogen-bond donors (Lipinski definition) is 1. The average molecular weight is 502 g/mol. The Bertz CT molecular complexity index is 941. The van der Waals surface area contributed by atoms with Crippen LogP contribution in [0.3, 0.4) is 0 Å². The summed E-state index contributed by atoms with van der Waals surface area (Å²) in [7, 11) is 4.49. The van der Waals surface area contributed by atoms with Crippen LogP contribution >= 0.6 is 11.6 Å². The van der Waals surface area contributed by atoms with Crippen molar-refractivity contribution in [3.63, 3.8) is 0 Å². The van der Waals surface area contributed by atoms with Crippen molar-refractivity contribution in [3.8, 4) is 11.1 Å². The first-order valence-electron chi connectivity index (χ1n) is 9.80. The van der Waals surface area contributed by atoms with Gasteiger partial charge in [-0.05, 0) is 35.9 Å². The topological polar surface area (TPSA) is 38.3 Å². The monoisotopic (exact) mass is 500 g/mol. The molecule has 4 nitrogen and oxygen atoms in total. The van der Waals surface area contributed by atoms with Gasteiger partial charge in [-0.2, -0.15) is 0 Å². The van der Waals surface area contributed by atoms with Crippen molar-refractivity contribution in [2.75, 3.05) is 19.4 Å². The zero-order valence-corrected chi connectivity index (χ0v) is 19.1. The maximum Gasteiger partial charge on any atom is 0.411 e. The molecule has 2 aromatic rings. The largest absolute Gasteiger partial charge is 1.00 e. The molecule has 2 fully saturated rings. The highest BCUT2D eigenvalue weighted by molar-refractivity contribution is 6.31. The lowest BCUT2D eigenvalue weighted by Gasteiger charge is -2.43. The van der Waals surface area contributed by atoms with Crippen LogP contribution in [0.5, 0.6) is 0 Å². The van der Waals surface area contributed by atoms with Crippen molar-refractivity contribution >= 4 is 23.4 Å². The molecule has 2 aromatic carbocycles. The molecule has 2 aliphatic rings. The lowest BCUT2D eigenvalue weighted by molar-refractivity contribution is -0.931. The third-order valence-corrected chi connectivity index (χ3v) is 6.80. The lowest BCUT2D eigenvalue weighted by Crippen LogP contribution is -3.00. The molecule has 30 heavy (non-hydrogen) atoms. The highest BCUT2D eigenvalue weighted by atomic mass is 79.9. The molecule has 0 aliphatic carbocycles. The predicted octanol–water partition coefficient (Wildman–Crippen LogP) is 2.61. The van der Waals surface area contributed by atoms with Crippen molar-refractivity contribution in [1.29, 1.82) is 0 Å². The number of halogens is 4. The molecule has 0 spiro atoms. The molecule has 1 N–H and O–H groups in total. The molecular formula is C22H24BrClF2N2O2. The number of carbonyl (C=O) groups excluding carboxylic acids is 1. The number of quaternary nitrogens is 1. The number of ether oxygens (including phenoxy) is 1. The Hall–Kier alpha value is -1.70. The molecule has 0 saturated carbocycles. The second-order valence-corrected chi connectivity index (χ2v) is 8.86. The van der Waals surface area contributed by atoms with E-state index in [1.165, 1.54) is 36.4 Å². The Labute approximate surface area is 190 Å². The van der Waals surface area contributed by atoms with Crippen LogP contribution in [-0.4, -0.2) is 42.9 Å². The van der Waals surface area contributed by atoms with Gasteiger partial charge in [0.05, 0.1) is 36.9 Å². The minimum Gasteiger partial charge on any atom is -1.00 e. The number of amides is 1. The number of nitrogens with one attached hydrogen (secondary N) is 1. The van der Waals surface area contributed by atoms with E-state index in [0.717, 1.165) is 30.2 Å². The molecule has 162 valence electrons. The van der Waals surface area contributed by atoms with E-state index < -0.39 is 17.7 Å². The van der Waals surface area contributed by atoms with Crippen LogP contribution in [0.2, 0.25) is 5.02 Å². The molecule has 4 rings (SSSR count). The molecule has 1 amide bonds. The van der Waals surface area contributed by atoms with Gasteiger partial charge in [0.2, 0.25) is 0 Å². The van der Waals surface area contributed by atoms with E-state index >= 15 is 0 Å². The summed E-state index contributed by atoms with van der Waals surface area (Å²) in [6.45, 7) is 0. The van der Waals surface area contributed by atoms with E-state index in [0.29, 0.717) is 28.9 Å². The van der Waals surface area contributed by atoms with E-state index in [-0.39, 0.29) is 28.1 Å². The number of anilines is 1. The van der Waals surface area contributed by atoms with Crippen LogP contribution in [0.25, 0.3) is 11.1 Å². The zero-order chi connectivity index (χ0) is 20.8. The Balaban J connectivity index is 0.00000256. The fourth-order valence-corrected chi connectivity index (χ4v) is 4.93.